The second-order valence-corrected chi connectivity index (χ2v) is 5.76. The fourth-order valence-electron chi connectivity index (χ4n) is 2.04. The van der Waals surface area contributed by atoms with Crippen LogP contribution in [0.3, 0.4) is 0 Å². The van der Waals surface area contributed by atoms with Gasteiger partial charge in [0, 0.05) is 16.9 Å². The normalized spacial score (nSPS) is 24.5. The molecule has 1 atom stereocenters. The third kappa shape index (κ3) is 1.87. The third-order valence-electron chi connectivity index (χ3n) is 3.12. The minimum atomic E-state index is 0.114. The molecule has 0 aliphatic carbocycles. The van der Waals surface area contributed by atoms with E-state index in [1.807, 2.05) is 6.92 Å². The lowest BCUT2D eigenvalue weighted by Gasteiger charge is -2.34. The number of halogens is 1. The van der Waals surface area contributed by atoms with Crippen LogP contribution in [0.15, 0.2) is 12.3 Å². The molecule has 0 bridgehead atoms. The first kappa shape index (κ1) is 10.9. The molecule has 0 spiro atoms. The molecule has 1 unspecified atom stereocenters. The van der Waals surface area contributed by atoms with Crippen molar-refractivity contribution in [2.24, 2.45) is 0 Å². The van der Waals surface area contributed by atoms with Gasteiger partial charge in [0.15, 0.2) is 5.82 Å². The van der Waals surface area contributed by atoms with Crippen LogP contribution < -0.4 is 4.90 Å². The fraction of sp³-hybridized carbons (Fsp3) is 0.636. The van der Waals surface area contributed by atoms with E-state index >= 15 is 0 Å². The Kier molecular flexibility index (Phi) is 2.71. The summed E-state index contributed by atoms with van der Waals surface area (Å²) in [6.45, 7) is 7.57. The second-order valence-electron chi connectivity index (χ2n) is 4.65. The van der Waals surface area contributed by atoms with E-state index in [4.69, 9.17) is 0 Å². The molecular formula is C11H16BrN3. The van der Waals surface area contributed by atoms with Gasteiger partial charge in [0.1, 0.15) is 0 Å². The number of nitrogens with zero attached hydrogens (tertiary/aromatic N) is 3. The Morgan fingerprint density at radius 1 is 1.53 bits per heavy atom. The lowest BCUT2D eigenvalue weighted by Crippen LogP contribution is -2.43. The number of anilines is 1. The summed E-state index contributed by atoms with van der Waals surface area (Å²) in [6.07, 6.45) is 2.95. The van der Waals surface area contributed by atoms with Gasteiger partial charge in [-0.2, -0.15) is 5.10 Å². The van der Waals surface area contributed by atoms with Gasteiger partial charge in [0.2, 0.25) is 0 Å². The highest BCUT2D eigenvalue weighted by Crippen LogP contribution is 2.36. The smallest absolute Gasteiger partial charge is 0.151 e. The molecule has 1 aromatic heterocycles. The third-order valence-corrected chi connectivity index (χ3v) is 4.70. The van der Waals surface area contributed by atoms with Crippen molar-refractivity contribution in [1.82, 2.24) is 10.2 Å². The van der Waals surface area contributed by atoms with Gasteiger partial charge in [0.05, 0.1) is 6.20 Å². The first-order valence-electron chi connectivity index (χ1n) is 5.23. The molecule has 1 saturated heterocycles. The van der Waals surface area contributed by atoms with Crippen molar-refractivity contribution < 1.29 is 0 Å². The van der Waals surface area contributed by atoms with E-state index < -0.39 is 0 Å². The van der Waals surface area contributed by atoms with Crippen molar-refractivity contribution in [2.45, 2.75) is 37.6 Å². The summed E-state index contributed by atoms with van der Waals surface area (Å²) in [5, 5.41) is 8.22. The maximum Gasteiger partial charge on any atom is 0.151 e. The molecular weight excluding hydrogens is 254 g/mol. The van der Waals surface area contributed by atoms with Gasteiger partial charge in [-0.15, -0.1) is 5.10 Å². The van der Waals surface area contributed by atoms with Crippen LogP contribution in [0.2, 0.25) is 0 Å². The van der Waals surface area contributed by atoms with Crippen LogP contribution in [-0.4, -0.2) is 27.1 Å². The molecule has 0 N–H and O–H groups in total. The molecule has 1 aliphatic rings. The van der Waals surface area contributed by atoms with Crippen molar-refractivity contribution in [3.8, 4) is 0 Å². The highest BCUT2D eigenvalue weighted by molar-refractivity contribution is 9.09. The van der Waals surface area contributed by atoms with Crippen LogP contribution in [0.1, 0.15) is 25.8 Å². The van der Waals surface area contributed by atoms with Gasteiger partial charge < -0.3 is 4.90 Å². The van der Waals surface area contributed by atoms with E-state index in [1.54, 1.807) is 6.20 Å². The molecule has 0 aromatic carbocycles. The average molecular weight is 270 g/mol. The maximum absolute atomic E-state index is 4.21. The largest absolute Gasteiger partial charge is 0.349 e. The fourth-order valence-corrected chi connectivity index (χ4v) is 2.50. The molecule has 82 valence electrons. The minimum absolute atomic E-state index is 0.114. The maximum atomic E-state index is 4.21. The van der Waals surface area contributed by atoms with Crippen molar-refractivity contribution >= 4 is 21.7 Å². The van der Waals surface area contributed by atoms with Crippen LogP contribution in [0, 0.1) is 6.92 Å². The minimum Gasteiger partial charge on any atom is -0.349 e. The van der Waals surface area contributed by atoms with Gasteiger partial charge in [-0.25, -0.2) is 0 Å². The zero-order chi connectivity index (χ0) is 11.1. The molecule has 1 fully saturated rings. The summed E-state index contributed by atoms with van der Waals surface area (Å²) >= 11 is 3.73. The summed E-state index contributed by atoms with van der Waals surface area (Å²) in [6, 6.07) is 2.10. The SMILES string of the molecule is Cc1cnnc(N2CCC(Br)C2(C)C)c1. The lowest BCUT2D eigenvalue weighted by atomic mass is 10.0. The number of aromatic nitrogens is 2. The van der Waals surface area contributed by atoms with E-state index in [2.05, 4.69) is 50.9 Å². The topological polar surface area (TPSA) is 29.0 Å². The summed E-state index contributed by atoms with van der Waals surface area (Å²) in [4.78, 5) is 2.85. The Morgan fingerprint density at radius 2 is 2.27 bits per heavy atom. The predicted molar refractivity (Wildman–Crippen MR) is 65.5 cm³/mol. The van der Waals surface area contributed by atoms with E-state index in [0.29, 0.717) is 4.83 Å². The van der Waals surface area contributed by atoms with Gasteiger partial charge in [-0.05, 0) is 38.8 Å². The Bertz CT molecular complexity index is 365. The zero-order valence-electron chi connectivity index (χ0n) is 9.37. The average Bonchev–Trinajstić information content (AvgIpc) is 2.42. The molecule has 0 saturated carbocycles. The van der Waals surface area contributed by atoms with Crippen molar-refractivity contribution in [3.05, 3.63) is 17.8 Å². The molecule has 4 heteroatoms. The Labute approximate surface area is 99.0 Å². The molecule has 0 amide bonds. The summed E-state index contributed by atoms with van der Waals surface area (Å²) < 4.78 is 0. The molecule has 1 aromatic rings. The predicted octanol–water partition coefficient (Wildman–Crippen LogP) is 2.54. The summed E-state index contributed by atoms with van der Waals surface area (Å²) in [5.41, 5.74) is 1.27. The highest BCUT2D eigenvalue weighted by atomic mass is 79.9. The highest BCUT2D eigenvalue weighted by Gasteiger charge is 2.40. The van der Waals surface area contributed by atoms with Gasteiger partial charge in [-0.3, -0.25) is 0 Å². The molecule has 1 aliphatic heterocycles. The first-order chi connectivity index (χ1) is 7.01. The quantitative estimate of drug-likeness (QED) is 0.734. The summed E-state index contributed by atoms with van der Waals surface area (Å²) in [5.74, 6) is 0.988. The number of rotatable bonds is 1. The molecule has 3 nitrogen and oxygen atoms in total. The standard InChI is InChI=1S/C11H16BrN3/c1-8-6-10(14-13-7-8)15-5-4-9(12)11(15,2)3/h6-7,9H,4-5H2,1-3H3. The number of hydrogen-bond donors (Lipinski definition) is 0. The lowest BCUT2D eigenvalue weighted by molar-refractivity contribution is 0.528. The molecule has 0 radical (unpaired) electrons. The zero-order valence-corrected chi connectivity index (χ0v) is 11.0. The Balaban J connectivity index is 2.32. The Hall–Kier alpha value is -0.640. The Morgan fingerprint density at radius 3 is 2.80 bits per heavy atom. The molecule has 2 rings (SSSR count). The van der Waals surface area contributed by atoms with Crippen LogP contribution in [0.4, 0.5) is 5.82 Å². The number of hydrogen-bond acceptors (Lipinski definition) is 3. The second kappa shape index (κ2) is 3.74. The van der Waals surface area contributed by atoms with Gasteiger partial charge >= 0.3 is 0 Å². The summed E-state index contributed by atoms with van der Waals surface area (Å²) in [7, 11) is 0. The van der Waals surface area contributed by atoms with E-state index in [9.17, 15) is 0 Å². The van der Waals surface area contributed by atoms with Crippen LogP contribution in [0.25, 0.3) is 0 Å². The van der Waals surface area contributed by atoms with Crippen molar-refractivity contribution in [2.75, 3.05) is 11.4 Å². The van der Waals surface area contributed by atoms with Crippen LogP contribution in [0.5, 0.6) is 0 Å². The molecule has 2 heterocycles. The van der Waals surface area contributed by atoms with E-state index in [-0.39, 0.29) is 5.54 Å². The number of aryl methyl sites for hydroxylation is 1. The van der Waals surface area contributed by atoms with Crippen LogP contribution in [-0.2, 0) is 0 Å². The van der Waals surface area contributed by atoms with Gasteiger partial charge in [0.25, 0.3) is 0 Å². The van der Waals surface area contributed by atoms with Crippen molar-refractivity contribution in [3.63, 3.8) is 0 Å². The van der Waals surface area contributed by atoms with Gasteiger partial charge in [-0.1, -0.05) is 15.9 Å². The van der Waals surface area contributed by atoms with E-state index in [1.165, 1.54) is 0 Å². The van der Waals surface area contributed by atoms with Crippen molar-refractivity contribution in [1.29, 1.82) is 0 Å². The number of alkyl halides is 1. The molecule has 15 heavy (non-hydrogen) atoms. The monoisotopic (exact) mass is 269 g/mol. The first-order valence-corrected chi connectivity index (χ1v) is 6.14. The van der Waals surface area contributed by atoms with E-state index in [0.717, 1.165) is 24.3 Å². The van der Waals surface area contributed by atoms with Crippen LogP contribution >= 0.6 is 15.9 Å².